The summed E-state index contributed by atoms with van der Waals surface area (Å²) in [5.74, 6) is 3.28. The highest BCUT2D eigenvalue weighted by molar-refractivity contribution is 7.98. The van der Waals surface area contributed by atoms with Gasteiger partial charge < -0.3 is 14.7 Å². The van der Waals surface area contributed by atoms with Crippen molar-refractivity contribution in [1.82, 2.24) is 10.1 Å². The second-order valence-corrected chi connectivity index (χ2v) is 3.94. The molecule has 5 nitrogen and oxygen atoms in total. The molecule has 0 spiro atoms. The molecule has 0 aromatic carbocycles. The molecule has 0 saturated carbocycles. The minimum atomic E-state index is 0.489. The first-order valence-corrected chi connectivity index (χ1v) is 5.70. The Bertz CT molecular complexity index is 399. The van der Waals surface area contributed by atoms with E-state index in [4.69, 9.17) is 14.7 Å². The van der Waals surface area contributed by atoms with Gasteiger partial charge in [-0.1, -0.05) is 5.16 Å². The van der Waals surface area contributed by atoms with E-state index in [2.05, 4.69) is 10.1 Å². The average Bonchev–Trinajstić information content (AvgIpc) is 2.87. The maximum Gasteiger partial charge on any atom is 0.238 e. The van der Waals surface area contributed by atoms with Crippen molar-refractivity contribution in [2.75, 3.05) is 12.3 Å². The molecule has 2 N–H and O–H groups in total. The van der Waals surface area contributed by atoms with Crippen molar-refractivity contribution in [2.45, 2.75) is 5.75 Å². The zero-order valence-electron chi connectivity index (χ0n) is 8.05. The molecule has 6 heteroatoms. The third-order valence-electron chi connectivity index (χ3n) is 1.70. The van der Waals surface area contributed by atoms with E-state index in [9.17, 15) is 0 Å². The van der Waals surface area contributed by atoms with Gasteiger partial charge in [-0.3, -0.25) is 0 Å². The van der Waals surface area contributed by atoms with Crippen molar-refractivity contribution < 1.29 is 8.94 Å². The summed E-state index contributed by atoms with van der Waals surface area (Å²) in [6.07, 6.45) is 1.58. The van der Waals surface area contributed by atoms with Crippen molar-refractivity contribution in [3.63, 3.8) is 0 Å². The molecular formula is C9H11N3O2S. The van der Waals surface area contributed by atoms with E-state index >= 15 is 0 Å². The minimum absolute atomic E-state index is 0.489. The lowest BCUT2D eigenvalue weighted by Gasteiger charge is -1.91. The molecule has 0 atom stereocenters. The number of thioether (sulfide) groups is 1. The van der Waals surface area contributed by atoms with Crippen molar-refractivity contribution in [3.8, 4) is 11.6 Å². The van der Waals surface area contributed by atoms with Crippen molar-refractivity contribution in [1.29, 1.82) is 0 Å². The molecule has 0 fully saturated rings. The molecule has 80 valence electrons. The van der Waals surface area contributed by atoms with Crippen LogP contribution < -0.4 is 5.73 Å². The summed E-state index contributed by atoms with van der Waals surface area (Å²) < 4.78 is 10.2. The highest BCUT2D eigenvalue weighted by atomic mass is 32.2. The summed E-state index contributed by atoms with van der Waals surface area (Å²) in [4.78, 5) is 4.19. The van der Waals surface area contributed by atoms with Crippen molar-refractivity contribution in [3.05, 3.63) is 24.3 Å². The highest BCUT2D eigenvalue weighted by Crippen LogP contribution is 2.17. The fourth-order valence-electron chi connectivity index (χ4n) is 1.06. The van der Waals surface area contributed by atoms with Crippen LogP contribution in [0.5, 0.6) is 0 Å². The Morgan fingerprint density at radius 2 is 2.40 bits per heavy atom. The molecule has 15 heavy (non-hydrogen) atoms. The lowest BCUT2D eigenvalue weighted by atomic mass is 10.4. The predicted molar refractivity (Wildman–Crippen MR) is 57.2 cm³/mol. The van der Waals surface area contributed by atoms with Crippen LogP contribution >= 0.6 is 11.8 Å². The van der Waals surface area contributed by atoms with Crippen LogP contribution in [0.15, 0.2) is 27.3 Å². The Labute approximate surface area is 91.0 Å². The number of nitrogens with two attached hydrogens (primary N) is 1. The van der Waals surface area contributed by atoms with Crippen LogP contribution in [-0.4, -0.2) is 22.4 Å². The Balaban J connectivity index is 1.98. The molecule has 0 aliphatic carbocycles. The fraction of sp³-hybridized carbons (Fsp3) is 0.333. The van der Waals surface area contributed by atoms with Gasteiger partial charge in [0.25, 0.3) is 0 Å². The third-order valence-corrected chi connectivity index (χ3v) is 2.67. The van der Waals surface area contributed by atoms with Crippen LogP contribution in [0.3, 0.4) is 0 Å². The van der Waals surface area contributed by atoms with E-state index in [1.165, 1.54) is 0 Å². The van der Waals surface area contributed by atoms with Gasteiger partial charge in [0.2, 0.25) is 11.7 Å². The third kappa shape index (κ3) is 2.60. The monoisotopic (exact) mass is 225 g/mol. The number of hydrogen-bond acceptors (Lipinski definition) is 6. The number of furan rings is 1. The van der Waals surface area contributed by atoms with Gasteiger partial charge in [-0.05, 0) is 12.1 Å². The van der Waals surface area contributed by atoms with Gasteiger partial charge >= 0.3 is 0 Å². The first kappa shape index (κ1) is 10.3. The quantitative estimate of drug-likeness (QED) is 0.777. The summed E-state index contributed by atoms with van der Waals surface area (Å²) in [6.45, 7) is 0.657. The first-order chi connectivity index (χ1) is 7.40. The smallest absolute Gasteiger partial charge is 0.238 e. The van der Waals surface area contributed by atoms with Gasteiger partial charge in [-0.15, -0.1) is 0 Å². The van der Waals surface area contributed by atoms with Crippen LogP contribution in [0, 0.1) is 0 Å². The maximum absolute atomic E-state index is 5.37. The lowest BCUT2D eigenvalue weighted by Crippen LogP contribution is -2.01. The number of rotatable bonds is 5. The minimum Gasteiger partial charge on any atom is -0.461 e. The standard InChI is InChI=1S/C9H11N3O2S/c10-3-5-15-6-8-11-9(12-14-8)7-2-1-4-13-7/h1-2,4H,3,5-6,10H2. The highest BCUT2D eigenvalue weighted by Gasteiger charge is 2.09. The zero-order valence-corrected chi connectivity index (χ0v) is 8.87. The molecule has 0 aliphatic rings. The van der Waals surface area contributed by atoms with Gasteiger partial charge in [-0.2, -0.15) is 16.7 Å². The van der Waals surface area contributed by atoms with Gasteiger partial charge in [0.1, 0.15) is 0 Å². The van der Waals surface area contributed by atoms with Crippen LogP contribution in [0.25, 0.3) is 11.6 Å². The van der Waals surface area contributed by atoms with Crippen LogP contribution in [-0.2, 0) is 5.75 Å². The van der Waals surface area contributed by atoms with Crippen molar-refractivity contribution >= 4 is 11.8 Å². The van der Waals surface area contributed by atoms with E-state index in [1.807, 2.05) is 0 Å². The van der Waals surface area contributed by atoms with E-state index in [1.54, 1.807) is 30.2 Å². The normalized spacial score (nSPS) is 10.7. The summed E-state index contributed by atoms with van der Waals surface area (Å²) in [5.41, 5.74) is 5.37. The number of hydrogen-bond donors (Lipinski definition) is 1. The van der Waals surface area contributed by atoms with E-state index < -0.39 is 0 Å². The molecule has 2 heterocycles. The molecule has 0 unspecified atom stereocenters. The second-order valence-electron chi connectivity index (χ2n) is 2.83. The van der Waals surface area contributed by atoms with Crippen LogP contribution in [0.1, 0.15) is 5.89 Å². The maximum atomic E-state index is 5.37. The Morgan fingerprint density at radius 1 is 1.47 bits per heavy atom. The van der Waals surface area contributed by atoms with Gasteiger partial charge in [0.15, 0.2) is 5.76 Å². The number of nitrogens with zero attached hydrogens (tertiary/aromatic N) is 2. The molecule has 0 bridgehead atoms. The SMILES string of the molecule is NCCSCc1nc(-c2ccco2)no1. The van der Waals surface area contributed by atoms with Crippen molar-refractivity contribution in [2.24, 2.45) is 5.73 Å². The average molecular weight is 225 g/mol. The predicted octanol–water partition coefficient (Wildman–Crippen LogP) is 1.52. The molecule has 0 aliphatic heterocycles. The Hall–Kier alpha value is -1.27. The molecule has 2 aromatic heterocycles. The molecule has 2 aromatic rings. The van der Waals surface area contributed by atoms with Gasteiger partial charge in [-0.25, -0.2) is 0 Å². The second kappa shape index (κ2) is 4.99. The number of aromatic nitrogens is 2. The van der Waals surface area contributed by atoms with Crippen LogP contribution in [0.2, 0.25) is 0 Å². The zero-order chi connectivity index (χ0) is 10.5. The first-order valence-electron chi connectivity index (χ1n) is 4.54. The molecule has 2 rings (SSSR count). The topological polar surface area (TPSA) is 78.1 Å². The summed E-state index contributed by atoms with van der Waals surface area (Å²) in [6, 6.07) is 3.58. The summed E-state index contributed by atoms with van der Waals surface area (Å²) in [7, 11) is 0. The summed E-state index contributed by atoms with van der Waals surface area (Å²) >= 11 is 1.67. The Kier molecular flexibility index (Phi) is 3.41. The molecule has 0 amide bonds. The largest absolute Gasteiger partial charge is 0.461 e. The van der Waals surface area contributed by atoms with Crippen LogP contribution in [0.4, 0.5) is 0 Å². The van der Waals surface area contributed by atoms with E-state index in [-0.39, 0.29) is 0 Å². The van der Waals surface area contributed by atoms with E-state index in [0.717, 1.165) is 5.75 Å². The molecular weight excluding hydrogens is 214 g/mol. The van der Waals surface area contributed by atoms with Gasteiger partial charge in [0.05, 0.1) is 12.0 Å². The molecule has 0 saturated heterocycles. The van der Waals surface area contributed by atoms with Gasteiger partial charge in [0, 0.05) is 12.3 Å². The van der Waals surface area contributed by atoms with E-state index in [0.29, 0.717) is 29.8 Å². The molecule has 0 radical (unpaired) electrons. The summed E-state index contributed by atoms with van der Waals surface area (Å²) in [5, 5.41) is 3.81. The Morgan fingerprint density at radius 3 is 3.13 bits per heavy atom. The lowest BCUT2D eigenvalue weighted by molar-refractivity contribution is 0.390. The fourth-order valence-corrected chi connectivity index (χ4v) is 1.67.